The van der Waals surface area contributed by atoms with E-state index in [1.165, 1.54) is 6.07 Å². The molecule has 1 atom stereocenters. The summed E-state index contributed by atoms with van der Waals surface area (Å²) in [6.07, 6.45) is 0.202. The number of alkyl halides is 1. The second-order valence-electron chi connectivity index (χ2n) is 10.0. The molecule has 4 N–H and O–H groups in total. The van der Waals surface area contributed by atoms with Crippen molar-refractivity contribution in [2.75, 3.05) is 27.9 Å². The van der Waals surface area contributed by atoms with Gasteiger partial charge < -0.3 is 30.4 Å². The van der Waals surface area contributed by atoms with E-state index in [-0.39, 0.29) is 34.9 Å². The lowest BCUT2D eigenvalue weighted by Gasteiger charge is -2.19. The summed E-state index contributed by atoms with van der Waals surface area (Å²) in [6, 6.07) is 27.8. The number of fused-ring (bicyclic) bond motifs is 1. The maximum absolute atomic E-state index is 13.5. The predicted octanol–water partition coefficient (Wildman–Crippen LogP) is 6.84. The van der Waals surface area contributed by atoms with Crippen molar-refractivity contribution in [3.8, 4) is 5.95 Å². The summed E-state index contributed by atoms with van der Waals surface area (Å²) in [4.78, 5) is 51.8. The smallest absolute Gasteiger partial charge is 0.346 e. The minimum atomic E-state index is -0.972. The van der Waals surface area contributed by atoms with Gasteiger partial charge in [0.25, 0.3) is 5.91 Å². The Morgan fingerprint density at radius 2 is 1.41 bits per heavy atom. The fourth-order valence-electron chi connectivity index (χ4n) is 4.55. The van der Waals surface area contributed by atoms with Crippen molar-refractivity contribution in [1.29, 1.82) is 0 Å². The minimum Gasteiger partial charge on any atom is -0.463 e. The number of anilines is 3. The first-order valence-electron chi connectivity index (χ1n) is 14.1. The van der Waals surface area contributed by atoms with E-state index in [1.54, 1.807) is 48.5 Å². The fraction of sp³-hybridized carbons (Fsp3) is 0.118. The van der Waals surface area contributed by atoms with Crippen molar-refractivity contribution in [3.63, 3.8) is 0 Å². The first-order chi connectivity index (χ1) is 22.3. The Labute approximate surface area is 277 Å². The van der Waals surface area contributed by atoms with Crippen LogP contribution in [0.2, 0.25) is 5.02 Å². The molecule has 4 aromatic carbocycles. The van der Waals surface area contributed by atoms with E-state index in [2.05, 4.69) is 37.2 Å². The number of benzene rings is 4. The van der Waals surface area contributed by atoms with Gasteiger partial charge in [0.15, 0.2) is 0 Å². The fourth-order valence-corrected chi connectivity index (χ4v) is 4.97. The minimum absolute atomic E-state index is 0.0831. The summed E-state index contributed by atoms with van der Waals surface area (Å²) in [5, 5.41) is 12.3. The third-order valence-electron chi connectivity index (χ3n) is 6.76. The van der Waals surface area contributed by atoms with Gasteiger partial charge in [0.05, 0.1) is 5.39 Å². The molecule has 0 aliphatic heterocycles. The predicted molar refractivity (Wildman–Crippen MR) is 182 cm³/mol. The van der Waals surface area contributed by atoms with E-state index >= 15 is 0 Å². The van der Waals surface area contributed by atoms with Gasteiger partial charge in [-0.05, 0) is 54.1 Å². The van der Waals surface area contributed by atoms with Gasteiger partial charge in [0.2, 0.25) is 5.91 Å². The van der Waals surface area contributed by atoms with Gasteiger partial charge in [-0.1, -0.05) is 82.1 Å². The molecule has 5 rings (SSSR count). The van der Waals surface area contributed by atoms with Crippen LogP contribution in [0, 0.1) is 0 Å². The molecule has 234 valence electrons. The van der Waals surface area contributed by atoms with E-state index in [4.69, 9.17) is 20.8 Å². The number of amides is 4. The zero-order valence-corrected chi connectivity index (χ0v) is 26.6. The number of nitrogens with one attached hydrogen (secondary N) is 4. The molecule has 0 saturated heterocycles. The molecule has 0 aliphatic carbocycles. The largest absolute Gasteiger partial charge is 0.463 e. The summed E-state index contributed by atoms with van der Waals surface area (Å²) >= 11 is 9.64. The van der Waals surface area contributed by atoms with Crippen LogP contribution >= 0.6 is 27.5 Å². The van der Waals surface area contributed by atoms with E-state index in [9.17, 15) is 19.2 Å². The topological polar surface area (TPSA) is 139 Å². The van der Waals surface area contributed by atoms with E-state index in [0.29, 0.717) is 27.8 Å². The van der Waals surface area contributed by atoms with Crippen molar-refractivity contribution in [2.45, 2.75) is 12.5 Å². The van der Waals surface area contributed by atoms with Crippen molar-refractivity contribution in [3.05, 3.63) is 130 Å². The number of rotatable bonds is 11. The molecule has 5 aromatic rings. The van der Waals surface area contributed by atoms with Crippen LogP contribution in [-0.2, 0) is 11.2 Å². The number of hydrogen-bond donors (Lipinski definition) is 4. The van der Waals surface area contributed by atoms with Gasteiger partial charge in [-0.15, -0.1) is 0 Å². The van der Waals surface area contributed by atoms with Crippen LogP contribution in [0.3, 0.4) is 0 Å². The Hall–Kier alpha value is -5.13. The molecule has 12 heteroatoms. The van der Waals surface area contributed by atoms with Crippen LogP contribution in [0.4, 0.5) is 21.9 Å². The van der Waals surface area contributed by atoms with Gasteiger partial charge in [-0.25, -0.2) is 9.59 Å². The van der Waals surface area contributed by atoms with Gasteiger partial charge in [0.1, 0.15) is 17.7 Å². The molecular weight excluding hydrogens is 676 g/mol. The summed E-state index contributed by atoms with van der Waals surface area (Å²) in [5.74, 6) is -1.07. The van der Waals surface area contributed by atoms with E-state index < -0.39 is 29.5 Å². The monoisotopic (exact) mass is 702 g/mol. The number of para-hydroxylation sites is 1. The molecule has 0 aliphatic rings. The Morgan fingerprint density at radius 1 is 0.783 bits per heavy atom. The molecule has 1 aromatic heterocycles. The first-order valence-corrected chi connectivity index (χ1v) is 15.6. The second-order valence-corrected chi connectivity index (χ2v) is 11.2. The maximum atomic E-state index is 13.5. The van der Waals surface area contributed by atoms with Crippen LogP contribution in [0.25, 0.3) is 10.8 Å². The second kappa shape index (κ2) is 15.2. The highest BCUT2D eigenvalue weighted by molar-refractivity contribution is 9.09. The van der Waals surface area contributed by atoms with E-state index in [0.717, 1.165) is 5.56 Å². The summed E-state index contributed by atoms with van der Waals surface area (Å²) in [7, 11) is 0. The molecule has 0 bridgehead atoms. The van der Waals surface area contributed by atoms with Crippen LogP contribution < -0.4 is 31.6 Å². The lowest BCUT2D eigenvalue weighted by atomic mass is 10.0. The lowest BCUT2D eigenvalue weighted by Crippen LogP contribution is -2.45. The highest BCUT2D eigenvalue weighted by atomic mass is 79.9. The van der Waals surface area contributed by atoms with E-state index in [1.807, 2.05) is 48.5 Å². The molecule has 0 fully saturated rings. The Kier molecular flexibility index (Phi) is 10.7. The quantitative estimate of drug-likeness (QED) is 0.111. The molecule has 10 nitrogen and oxygen atoms in total. The van der Waals surface area contributed by atoms with Crippen LogP contribution in [0.15, 0.2) is 112 Å². The van der Waals surface area contributed by atoms with Crippen LogP contribution in [0.1, 0.15) is 15.9 Å². The summed E-state index contributed by atoms with van der Waals surface area (Å²) < 4.78 is 10.6. The van der Waals surface area contributed by atoms with Crippen molar-refractivity contribution in [2.24, 2.45) is 0 Å². The molecular formula is C34H28BrClN4O6. The van der Waals surface area contributed by atoms with Gasteiger partial charge >= 0.3 is 17.6 Å². The molecule has 4 amide bonds. The molecule has 0 unspecified atom stereocenters. The Bertz CT molecular complexity index is 1900. The average molecular weight is 704 g/mol. The van der Waals surface area contributed by atoms with Crippen LogP contribution in [0.5, 0.6) is 5.95 Å². The SMILES string of the molecule is O=C(Nc1ccccc1)Nc1ccc(C(=O)N[C@@H](Cc2ccccc2)C(=O)Nc2ccc3c(Cl)c(OCCBr)oc(=O)c3c2)cc1. The van der Waals surface area contributed by atoms with Gasteiger partial charge in [0, 0.05) is 39.8 Å². The number of ether oxygens (including phenoxy) is 1. The van der Waals surface area contributed by atoms with Gasteiger partial charge in [-0.2, -0.15) is 0 Å². The summed E-state index contributed by atoms with van der Waals surface area (Å²) in [5.41, 5.74) is 1.87. The first kappa shape index (κ1) is 32.3. The highest BCUT2D eigenvalue weighted by Crippen LogP contribution is 2.32. The van der Waals surface area contributed by atoms with Gasteiger partial charge in [-0.3, -0.25) is 9.59 Å². The van der Waals surface area contributed by atoms with Crippen molar-refractivity contribution in [1.82, 2.24) is 5.32 Å². The van der Waals surface area contributed by atoms with Crippen molar-refractivity contribution >= 4 is 73.2 Å². The molecule has 0 saturated carbocycles. The highest BCUT2D eigenvalue weighted by Gasteiger charge is 2.23. The third-order valence-corrected chi connectivity index (χ3v) is 7.44. The molecule has 0 spiro atoms. The lowest BCUT2D eigenvalue weighted by molar-refractivity contribution is -0.118. The number of urea groups is 1. The zero-order valence-electron chi connectivity index (χ0n) is 24.2. The Morgan fingerprint density at radius 3 is 2.09 bits per heavy atom. The summed E-state index contributed by atoms with van der Waals surface area (Å²) in [6.45, 7) is 0.254. The van der Waals surface area contributed by atoms with Crippen molar-refractivity contribution < 1.29 is 23.5 Å². The molecule has 46 heavy (non-hydrogen) atoms. The number of carbonyl (C=O) groups excluding carboxylic acids is 3. The standard InChI is InChI=1S/C34H28BrClN4O6/c35-17-18-45-33-29(36)26-16-15-25(20-27(26)32(43)46-33)37-31(42)28(19-21-7-3-1-4-8-21)40-30(41)22-11-13-24(14-12-22)39-34(44)38-23-9-5-2-6-10-23/h1-16,20,28H,17-19H2,(H,37,42)(H,40,41)(H2,38,39,44)/t28-/m0/s1. The number of hydrogen-bond acceptors (Lipinski definition) is 6. The molecule has 0 radical (unpaired) electrons. The number of carbonyl (C=O) groups is 3. The average Bonchev–Trinajstić information content (AvgIpc) is 3.06. The normalized spacial score (nSPS) is 11.3. The Balaban J connectivity index is 1.30. The maximum Gasteiger partial charge on any atom is 0.346 e. The van der Waals surface area contributed by atoms with Crippen LogP contribution in [-0.4, -0.2) is 35.8 Å². The third kappa shape index (κ3) is 8.32. The molecule has 1 heterocycles. The zero-order chi connectivity index (χ0) is 32.5. The number of halogens is 2.